The molecule has 3 heterocycles. The second-order valence-corrected chi connectivity index (χ2v) is 5.05. The first-order chi connectivity index (χ1) is 6.29. The van der Waals surface area contributed by atoms with Crippen LogP contribution < -0.4 is 0 Å². The highest BCUT2D eigenvalue weighted by molar-refractivity contribution is 6.52. The Hall–Kier alpha value is -0.0131. The van der Waals surface area contributed by atoms with Gasteiger partial charge in [-0.1, -0.05) is 0 Å². The van der Waals surface area contributed by atoms with Crippen molar-refractivity contribution in [2.45, 2.75) is 6.42 Å². The van der Waals surface area contributed by atoms with Gasteiger partial charge in [-0.05, 0) is 6.42 Å². The second-order valence-electron chi connectivity index (χ2n) is 3.22. The summed E-state index contributed by atoms with van der Waals surface area (Å²) in [6, 6.07) is 0. The maximum absolute atomic E-state index is 13.7. The third-order valence-corrected chi connectivity index (χ3v) is 3.90. The van der Waals surface area contributed by atoms with Gasteiger partial charge in [-0.3, -0.25) is 4.90 Å². The summed E-state index contributed by atoms with van der Waals surface area (Å²) in [4.78, 5) is 2.21. The van der Waals surface area contributed by atoms with Gasteiger partial charge in [0.25, 0.3) is 0 Å². The molecule has 0 amide bonds. The minimum absolute atomic E-state index is 0.378. The van der Waals surface area contributed by atoms with Crippen molar-refractivity contribution in [2.24, 2.45) is 0 Å². The van der Waals surface area contributed by atoms with E-state index < -0.39 is 9.14 Å². The van der Waals surface area contributed by atoms with Crippen molar-refractivity contribution in [2.75, 3.05) is 39.5 Å². The first-order valence-corrected chi connectivity index (χ1v) is 6.22. The van der Waals surface area contributed by atoms with E-state index in [0.29, 0.717) is 19.8 Å². The van der Waals surface area contributed by atoms with Crippen molar-refractivity contribution in [1.29, 1.82) is 0 Å². The van der Waals surface area contributed by atoms with Crippen LogP contribution in [0.5, 0.6) is 0 Å². The highest BCUT2D eigenvalue weighted by atomic mass is 28.4. The molecule has 3 saturated heterocycles. The van der Waals surface area contributed by atoms with Crippen LogP contribution in [0.15, 0.2) is 0 Å². The van der Waals surface area contributed by atoms with Crippen LogP contribution in [0.25, 0.3) is 0 Å². The maximum atomic E-state index is 13.7. The quantitative estimate of drug-likeness (QED) is 0.418. The lowest BCUT2D eigenvalue weighted by molar-refractivity contribution is 0.00706. The lowest BCUT2D eigenvalue weighted by Gasteiger charge is -2.26. The zero-order valence-corrected chi connectivity index (χ0v) is 8.50. The van der Waals surface area contributed by atoms with E-state index >= 15 is 0 Å². The van der Waals surface area contributed by atoms with E-state index in [1.54, 1.807) is 0 Å². The van der Waals surface area contributed by atoms with Crippen LogP contribution in [0.1, 0.15) is 6.42 Å². The predicted octanol–water partition coefficient (Wildman–Crippen LogP) is 0.161. The van der Waals surface area contributed by atoms with E-state index in [1.807, 2.05) is 0 Å². The summed E-state index contributed by atoms with van der Waals surface area (Å²) >= 11 is 0. The maximum Gasteiger partial charge on any atom is 0.720 e. The van der Waals surface area contributed by atoms with Crippen molar-refractivity contribution in [3.05, 3.63) is 0 Å². The summed E-state index contributed by atoms with van der Waals surface area (Å²) < 4.78 is 28.7. The highest BCUT2D eigenvalue weighted by Gasteiger charge is 2.46. The molecule has 76 valence electrons. The summed E-state index contributed by atoms with van der Waals surface area (Å²) in [5.74, 6) is 0. The fraction of sp³-hybridized carbons (Fsp3) is 1.00. The van der Waals surface area contributed by atoms with Gasteiger partial charge in [0.1, 0.15) is 0 Å². The van der Waals surface area contributed by atoms with Gasteiger partial charge in [-0.15, -0.1) is 0 Å². The molecule has 3 rings (SSSR count). The molecule has 0 unspecified atom stereocenters. The van der Waals surface area contributed by atoms with Gasteiger partial charge in [0.05, 0.1) is 13.2 Å². The first-order valence-electron chi connectivity index (χ1n) is 4.62. The van der Waals surface area contributed by atoms with Gasteiger partial charge in [0.2, 0.25) is 0 Å². The lowest BCUT2D eigenvalue weighted by atomic mass is 10.4. The van der Waals surface area contributed by atoms with E-state index in [9.17, 15) is 4.11 Å². The van der Waals surface area contributed by atoms with Crippen LogP contribution in [0.2, 0.25) is 0 Å². The third kappa shape index (κ3) is 2.47. The van der Waals surface area contributed by atoms with E-state index in [0.717, 1.165) is 26.1 Å². The van der Waals surface area contributed by atoms with Crippen LogP contribution in [0.4, 0.5) is 4.11 Å². The third-order valence-electron chi connectivity index (χ3n) is 2.26. The lowest BCUT2D eigenvalue weighted by Crippen LogP contribution is -2.46. The van der Waals surface area contributed by atoms with Crippen molar-refractivity contribution in [3.63, 3.8) is 0 Å². The van der Waals surface area contributed by atoms with Crippen molar-refractivity contribution in [1.82, 2.24) is 4.90 Å². The second kappa shape index (κ2) is 4.01. The van der Waals surface area contributed by atoms with Crippen LogP contribution in [0, 0.1) is 0 Å². The molecule has 0 aromatic carbocycles. The molecule has 0 aromatic rings. The molecule has 0 aromatic heterocycles. The molecule has 4 nitrogen and oxygen atoms in total. The van der Waals surface area contributed by atoms with Crippen molar-refractivity contribution < 1.29 is 17.4 Å². The zero-order chi connectivity index (χ0) is 9.15. The van der Waals surface area contributed by atoms with Gasteiger partial charge < -0.3 is 13.3 Å². The highest BCUT2D eigenvalue weighted by Crippen LogP contribution is 2.16. The smallest absolute Gasteiger partial charge is 0.348 e. The first kappa shape index (κ1) is 9.54. The average Bonchev–Trinajstić information content (AvgIpc) is 2.20. The van der Waals surface area contributed by atoms with E-state index in [-0.39, 0.29) is 0 Å². The summed E-state index contributed by atoms with van der Waals surface area (Å²) in [7, 11) is -3.74. The summed E-state index contributed by atoms with van der Waals surface area (Å²) in [6.07, 6.45) is 0.853. The Morgan fingerprint density at radius 2 is 1.54 bits per heavy atom. The summed E-state index contributed by atoms with van der Waals surface area (Å²) in [6.45, 7) is 3.67. The topological polar surface area (TPSA) is 30.9 Å². The Balaban J connectivity index is 2.05. The number of rotatable bonds is 0. The molecule has 2 bridgehead atoms. The number of fused-ring (bicyclic) bond motifs is 7. The fourth-order valence-electron chi connectivity index (χ4n) is 1.54. The summed E-state index contributed by atoms with van der Waals surface area (Å²) in [5.41, 5.74) is 0. The van der Waals surface area contributed by atoms with Crippen LogP contribution in [-0.4, -0.2) is 53.5 Å². The van der Waals surface area contributed by atoms with Gasteiger partial charge in [-0.2, -0.15) is 0 Å². The molecule has 13 heavy (non-hydrogen) atoms. The van der Waals surface area contributed by atoms with Crippen LogP contribution in [-0.2, 0) is 13.3 Å². The Bertz CT molecular complexity index is 168. The SMILES string of the molecule is F[Si]12OCCCN(CCO1)CCO2. The Kier molecular flexibility index (Phi) is 2.94. The van der Waals surface area contributed by atoms with Gasteiger partial charge in [-0.25, -0.2) is 4.11 Å². The van der Waals surface area contributed by atoms with E-state index in [4.69, 9.17) is 13.3 Å². The minimum Gasteiger partial charge on any atom is -0.348 e. The Labute approximate surface area is 78.1 Å². The molecule has 6 heteroatoms. The van der Waals surface area contributed by atoms with Crippen LogP contribution >= 0.6 is 0 Å². The molecular weight excluding hydrogens is 193 g/mol. The van der Waals surface area contributed by atoms with E-state index in [2.05, 4.69) is 4.90 Å². The molecule has 0 aliphatic carbocycles. The zero-order valence-electron chi connectivity index (χ0n) is 7.50. The summed E-state index contributed by atoms with van der Waals surface area (Å²) in [5, 5.41) is 0. The van der Waals surface area contributed by atoms with Crippen molar-refractivity contribution in [3.8, 4) is 0 Å². The molecule has 0 N–H and O–H groups in total. The standard InChI is InChI=1S/C7H14FNO3Si/c8-13-10-5-1-2-9(3-6-11-13)4-7-12-13/h1-7H2. The van der Waals surface area contributed by atoms with Gasteiger partial charge in [0, 0.05) is 26.2 Å². The Morgan fingerprint density at radius 3 is 2.23 bits per heavy atom. The number of halogens is 1. The number of hydrogen-bond donors (Lipinski definition) is 0. The molecular formula is C7H14FNO3Si. The minimum atomic E-state index is -3.74. The normalized spacial score (nSPS) is 41.8. The van der Waals surface area contributed by atoms with E-state index in [1.165, 1.54) is 0 Å². The van der Waals surface area contributed by atoms with Crippen molar-refractivity contribution >= 4 is 9.14 Å². The Morgan fingerprint density at radius 1 is 0.923 bits per heavy atom. The monoisotopic (exact) mass is 207 g/mol. The molecule has 3 aliphatic heterocycles. The predicted molar refractivity (Wildman–Crippen MR) is 45.8 cm³/mol. The largest absolute Gasteiger partial charge is 0.720 e. The van der Waals surface area contributed by atoms with Gasteiger partial charge in [0.15, 0.2) is 0 Å². The molecule has 0 atom stereocenters. The number of nitrogens with zero attached hydrogens (tertiary/aromatic N) is 1. The average molecular weight is 207 g/mol. The molecule has 3 fully saturated rings. The molecule has 0 saturated carbocycles. The molecule has 0 spiro atoms. The molecule has 0 radical (unpaired) electrons. The van der Waals surface area contributed by atoms with Gasteiger partial charge >= 0.3 is 9.14 Å². The molecule has 3 aliphatic rings. The number of hydrogen-bond acceptors (Lipinski definition) is 4. The van der Waals surface area contributed by atoms with Crippen LogP contribution in [0.3, 0.4) is 0 Å². The fourth-order valence-corrected chi connectivity index (χ4v) is 2.84.